The maximum atomic E-state index is 6.03. The number of hydrogen-bond donors (Lipinski definition) is 1. The van der Waals surface area contributed by atoms with Gasteiger partial charge in [-0.05, 0) is 38.0 Å². The number of nitrogens with one attached hydrogen (secondary N) is 1. The maximum Gasteiger partial charge on any atom is 0.0952 e. The molecule has 0 aromatic heterocycles. The highest BCUT2D eigenvalue weighted by atomic mass is 79.9. The molecule has 2 nitrogen and oxygen atoms in total. The maximum absolute atomic E-state index is 6.03. The molecule has 0 bridgehead atoms. The SMILES string of the molecule is CC1CC(C)OC(c2ccc(Br)cc2)CN1. The van der Waals surface area contributed by atoms with E-state index in [1.165, 1.54) is 5.56 Å². The lowest BCUT2D eigenvalue weighted by Gasteiger charge is -2.18. The third kappa shape index (κ3) is 3.06. The second-order valence-corrected chi connectivity index (χ2v) is 5.45. The first-order valence-corrected chi connectivity index (χ1v) is 6.59. The topological polar surface area (TPSA) is 21.3 Å². The summed E-state index contributed by atoms with van der Waals surface area (Å²) in [6, 6.07) is 8.92. The monoisotopic (exact) mass is 283 g/mol. The molecule has 88 valence electrons. The Bertz CT molecular complexity index is 338. The van der Waals surface area contributed by atoms with Crippen molar-refractivity contribution in [3.63, 3.8) is 0 Å². The fourth-order valence-electron chi connectivity index (χ4n) is 2.15. The molecule has 1 N–H and O–H groups in total. The van der Waals surface area contributed by atoms with Gasteiger partial charge in [0.25, 0.3) is 0 Å². The molecular formula is C13H18BrNO. The van der Waals surface area contributed by atoms with Crippen molar-refractivity contribution in [1.29, 1.82) is 0 Å². The van der Waals surface area contributed by atoms with Crippen molar-refractivity contribution < 1.29 is 4.74 Å². The molecule has 0 amide bonds. The predicted octanol–water partition coefficient (Wildman–Crippen LogP) is 3.28. The van der Waals surface area contributed by atoms with E-state index in [2.05, 4.69) is 59.4 Å². The van der Waals surface area contributed by atoms with Crippen LogP contribution < -0.4 is 5.32 Å². The second-order valence-electron chi connectivity index (χ2n) is 4.53. The van der Waals surface area contributed by atoms with Crippen LogP contribution in [-0.2, 0) is 4.74 Å². The van der Waals surface area contributed by atoms with Gasteiger partial charge in [0.15, 0.2) is 0 Å². The average molecular weight is 284 g/mol. The van der Waals surface area contributed by atoms with E-state index in [1.54, 1.807) is 0 Å². The first-order chi connectivity index (χ1) is 7.65. The van der Waals surface area contributed by atoms with Gasteiger partial charge in [0.1, 0.15) is 0 Å². The Balaban J connectivity index is 2.11. The van der Waals surface area contributed by atoms with Crippen molar-refractivity contribution in [3.05, 3.63) is 34.3 Å². The lowest BCUT2D eigenvalue weighted by molar-refractivity contribution is 0.00718. The van der Waals surface area contributed by atoms with Gasteiger partial charge in [-0.25, -0.2) is 0 Å². The lowest BCUT2D eigenvalue weighted by Crippen LogP contribution is -2.27. The molecule has 1 fully saturated rings. The molecule has 0 aliphatic carbocycles. The quantitative estimate of drug-likeness (QED) is 0.854. The van der Waals surface area contributed by atoms with Crippen molar-refractivity contribution in [2.24, 2.45) is 0 Å². The van der Waals surface area contributed by atoms with Gasteiger partial charge in [0, 0.05) is 17.1 Å². The Hall–Kier alpha value is -0.380. The van der Waals surface area contributed by atoms with E-state index in [-0.39, 0.29) is 6.10 Å². The van der Waals surface area contributed by atoms with Crippen LogP contribution in [0.3, 0.4) is 0 Å². The second kappa shape index (κ2) is 5.30. The van der Waals surface area contributed by atoms with Crippen molar-refractivity contribution in [2.75, 3.05) is 6.54 Å². The molecule has 3 unspecified atom stereocenters. The van der Waals surface area contributed by atoms with Crippen LogP contribution in [0, 0.1) is 0 Å². The normalized spacial score (nSPS) is 31.1. The van der Waals surface area contributed by atoms with Gasteiger partial charge in [0.05, 0.1) is 12.2 Å². The number of rotatable bonds is 1. The summed E-state index contributed by atoms with van der Waals surface area (Å²) in [6.07, 6.45) is 1.57. The number of ether oxygens (including phenoxy) is 1. The molecule has 1 heterocycles. The first kappa shape index (κ1) is 12.1. The number of benzene rings is 1. The lowest BCUT2D eigenvalue weighted by atomic mass is 10.1. The molecular weight excluding hydrogens is 266 g/mol. The van der Waals surface area contributed by atoms with E-state index in [9.17, 15) is 0 Å². The molecule has 3 heteroatoms. The van der Waals surface area contributed by atoms with Crippen LogP contribution >= 0.6 is 15.9 Å². The molecule has 1 aromatic rings. The average Bonchev–Trinajstić information content (AvgIpc) is 2.41. The van der Waals surface area contributed by atoms with Gasteiger partial charge < -0.3 is 10.1 Å². The number of hydrogen-bond acceptors (Lipinski definition) is 2. The molecule has 3 atom stereocenters. The van der Waals surface area contributed by atoms with E-state index in [4.69, 9.17) is 4.74 Å². The molecule has 1 aliphatic heterocycles. The molecule has 2 rings (SSSR count). The molecule has 16 heavy (non-hydrogen) atoms. The van der Waals surface area contributed by atoms with Crippen molar-refractivity contribution in [3.8, 4) is 0 Å². The van der Waals surface area contributed by atoms with E-state index in [0.717, 1.165) is 17.4 Å². The predicted molar refractivity (Wildman–Crippen MR) is 69.5 cm³/mol. The first-order valence-electron chi connectivity index (χ1n) is 5.79. The smallest absolute Gasteiger partial charge is 0.0952 e. The van der Waals surface area contributed by atoms with E-state index in [0.29, 0.717) is 12.1 Å². The Kier molecular flexibility index (Phi) is 4.00. The van der Waals surface area contributed by atoms with E-state index < -0.39 is 0 Å². The summed E-state index contributed by atoms with van der Waals surface area (Å²) in [5, 5.41) is 3.50. The molecule has 0 radical (unpaired) electrons. The van der Waals surface area contributed by atoms with Gasteiger partial charge >= 0.3 is 0 Å². The minimum Gasteiger partial charge on any atom is -0.369 e. The molecule has 0 spiro atoms. The number of halogens is 1. The zero-order valence-electron chi connectivity index (χ0n) is 9.74. The summed E-state index contributed by atoms with van der Waals surface area (Å²) >= 11 is 3.45. The summed E-state index contributed by atoms with van der Waals surface area (Å²) in [6.45, 7) is 5.26. The standard InChI is InChI=1S/C13H18BrNO/c1-9-7-10(2)16-13(8-15-9)11-3-5-12(14)6-4-11/h3-6,9-10,13,15H,7-8H2,1-2H3. The Labute approximate surface area is 106 Å². The van der Waals surface area contributed by atoms with Gasteiger partial charge in [-0.1, -0.05) is 28.1 Å². The summed E-state index contributed by atoms with van der Waals surface area (Å²) in [4.78, 5) is 0. The summed E-state index contributed by atoms with van der Waals surface area (Å²) in [5.41, 5.74) is 1.25. The zero-order chi connectivity index (χ0) is 11.5. The molecule has 1 saturated heterocycles. The van der Waals surface area contributed by atoms with Gasteiger partial charge in [-0.15, -0.1) is 0 Å². The Morgan fingerprint density at radius 3 is 2.62 bits per heavy atom. The summed E-state index contributed by atoms with van der Waals surface area (Å²) < 4.78 is 7.14. The van der Waals surface area contributed by atoms with Crippen molar-refractivity contribution >= 4 is 15.9 Å². The van der Waals surface area contributed by atoms with Crippen LogP contribution in [0.2, 0.25) is 0 Å². The van der Waals surface area contributed by atoms with Crippen LogP contribution in [0.5, 0.6) is 0 Å². The van der Waals surface area contributed by atoms with Crippen LogP contribution in [0.4, 0.5) is 0 Å². The summed E-state index contributed by atoms with van der Waals surface area (Å²) in [5.74, 6) is 0. The minimum atomic E-state index is 0.174. The van der Waals surface area contributed by atoms with E-state index >= 15 is 0 Å². The van der Waals surface area contributed by atoms with Gasteiger partial charge in [0.2, 0.25) is 0 Å². The minimum absolute atomic E-state index is 0.174. The third-order valence-electron chi connectivity index (χ3n) is 2.98. The molecule has 1 aromatic carbocycles. The van der Waals surface area contributed by atoms with Crippen LogP contribution in [0.1, 0.15) is 31.9 Å². The Morgan fingerprint density at radius 2 is 1.94 bits per heavy atom. The zero-order valence-corrected chi connectivity index (χ0v) is 11.3. The highest BCUT2D eigenvalue weighted by Crippen LogP contribution is 2.24. The van der Waals surface area contributed by atoms with Crippen LogP contribution in [0.15, 0.2) is 28.7 Å². The van der Waals surface area contributed by atoms with Gasteiger partial charge in [-0.3, -0.25) is 0 Å². The van der Waals surface area contributed by atoms with Crippen molar-refractivity contribution in [1.82, 2.24) is 5.32 Å². The van der Waals surface area contributed by atoms with E-state index in [1.807, 2.05) is 0 Å². The highest BCUT2D eigenvalue weighted by Gasteiger charge is 2.21. The van der Waals surface area contributed by atoms with Gasteiger partial charge in [-0.2, -0.15) is 0 Å². The third-order valence-corrected chi connectivity index (χ3v) is 3.50. The van der Waals surface area contributed by atoms with Crippen molar-refractivity contribution in [2.45, 2.75) is 38.5 Å². The molecule has 1 aliphatic rings. The Morgan fingerprint density at radius 1 is 1.25 bits per heavy atom. The fourth-order valence-corrected chi connectivity index (χ4v) is 2.41. The largest absolute Gasteiger partial charge is 0.369 e. The molecule has 0 saturated carbocycles. The van der Waals surface area contributed by atoms with Crippen LogP contribution in [0.25, 0.3) is 0 Å². The highest BCUT2D eigenvalue weighted by molar-refractivity contribution is 9.10. The summed E-state index contributed by atoms with van der Waals surface area (Å²) in [7, 11) is 0. The fraction of sp³-hybridized carbons (Fsp3) is 0.538. The van der Waals surface area contributed by atoms with Crippen LogP contribution in [-0.4, -0.2) is 18.7 Å².